The third kappa shape index (κ3) is 6.80. The summed E-state index contributed by atoms with van der Waals surface area (Å²) in [5, 5.41) is 5.88. The molecule has 1 aliphatic heterocycles. The molecular formula is C16H21ClF4N2O2. The highest BCUT2D eigenvalue weighted by atomic mass is 35.5. The summed E-state index contributed by atoms with van der Waals surface area (Å²) in [6.07, 6.45) is -0.972. The van der Waals surface area contributed by atoms with Gasteiger partial charge in [-0.2, -0.15) is 8.78 Å². The Morgan fingerprint density at radius 1 is 1.36 bits per heavy atom. The fourth-order valence-electron chi connectivity index (χ4n) is 2.41. The number of rotatable bonds is 7. The summed E-state index contributed by atoms with van der Waals surface area (Å²) in [6.45, 7) is -0.800. The first-order chi connectivity index (χ1) is 11.4. The first-order valence-electron chi connectivity index (χ1n) is 7.75. The van der Waals surface area contributed by atoms with E-state index in [4.69, 9.17) is 0 Å². The van der Waals surface area contributed by atoms with Gasteiger partial charge in [-0.3, -0.25) is 4.79 Å². The number of anilines is 1. The van der Waals surface area contributed by atoms with Gasteiger partial charge in [0.25, 0.3) is 0 Å². The lowest BCUT2D eigenvalue weighted by Gasteiger charge is -2.22. The number of halogens is 5. The van der Waals surface area contributed by atoms with E-state index in [1.165, 1.54) is 0 Å². The Balaban J connectivity index is 0.00000312. The minimum Gasteiger partial charge on any atom is -0.370 e. The molecule has 0 aromatic heterocycles. The van der Waals surface area contributed by atoms with Gasteiger partial charge in [0.2, 0.25) is 5.91 Å². The molecule has 0 unspecified atom stereocenters. The Bertz CT molecular complexity index is 555. The second-order valence-corrected chi connectivity index (χ2v) is 5.75. The van der Waals surface area contributed by atoms with E-state index >= 15 is 0 Å². The van der Waals surface area contributed by atoms with Gasteiger partial charge in [-0.15, -0.1) is 12.4 Å². The van der Waals surface area contributed by atoms with Crippen LogP contribution in [0.1, 0.15) is 24.8 Å². The molecule has 0 aliphatic carbocycles. The first kappa shape index (κ1) is 21.7. The average molecular weight is 385 g/mol. The van der Waals surface area contributed by atoms with Crippen molar-refractivity contribution in [1.29, 1.82) is 0 Å². The van der Waals surface area contributed by atoms with Gasteiger partial charge in [-0.25, -0.2) is 8.78 Å². The number of nitrogens with one attached hydrogen (secondary N) is 2. The quantitative estimate of drug-likeness (QED) is 0.706. The maximum atomic E-state index is 12.8. The maximum Gasteiger partial charge on any atom is 0.330 e. The molecule has 2 rings (SSSR count). The summed E-state index contributed by atoms with van der Waals surface area (Å²) >= 11 is 0. The fourth-order valence-corrected chi connectivity index (χ4v) is 2.41. The van der Waals surface area contributed by atoms with Crippen LogP contribution >= 0.6 is 12.4 Å². The number of carbonyl (C=O) groups is 1. The molecule has 0 saturated carbocycles. The first-order valence-corrected chi connectivity index (χ1v) is 7.75. The van der Waals surface area contributed by atoms with Gasteiger partial charge < -0.3 is 15.4 Å². The second-order valence-electron chi connectivity index (χ2n) is 5.75. The molecule has 1 aromatic rings. The van der Waals surface area contributed by atoms with E-state index < -0.39 is 19.0 Å². The third-order valence-corrected chi connectivity index (χ3v) is 3.70. The van der Waals surface area contributed by atoms with Crippen LogP contribution in [-0.4, -0.2) is 37.4 Å². The summed E-state index contributed by atoms with van der Waals surface area (Å²) in [4.78, 5) is 12.1. The topological polar surface area (TPSA) is 50.4 Å². The van der Waals surface area contributed by atoms with E-state index in [1.54, 1.807) is 24.3 Å². The number of benzene rings is 1. The summed E-state index contributed by atoms with van der Waals surface area (Å²) < 4.78 is 54.3. The number of alkyl halides is 4. The van der Waals surface area contributed by atoms with E-state index in [2.05, 4.69) is 15.4 Å². The Kier molecular flexibility index (Phi) is 8.61. The normalized spacial score (nSPS) is 17.9. The summed E-state index contributed by atoms with van der Waals surface area (Å²) in [6, 6.07) is 6.23. The average Bonchev–Trinajstić information content (AvgIpc) is 2.55. The van der Waals surface area contributed by atoms with Gasteiger partial charge >= 0.3 is 12.3 Å². The summed E-state index contributed by atoms with van der Waals surface area (Å²) in [5.41, 5.74) is 1.02. The fraction of sp³-hybridized carbons (Fsp3) is 0.562. The van der Waals surface area contributed by atoms with Gasteiger partial charge in [0, 0.05) is 5.69 Å². The van der Waals surface area contributed by atoms with Gasteiger partial charge in [-0.05, 0) is 37.1 Å². The van der Waals surface area contributed by atoms with Gasteiger partial charge in [0.1, 0.15) is 6.61 Å². The molecular weight excluding hydrogens is 364 g/mol. The number of ether oxygens (including phenoxy) is 1. The van der Waals surface area contributed by atoms with E-state index in [-0.39, 0.29) is 31.0 Å². The van der Waals surface area contributed by atoms with Gasteiger partial charge in [0.05, 0.1) is 12.6 Å². The van der Waals surface area contributed by atoms with Crippen LogP contribution in [0.3, 0.4) is 0 Å². The van der Waals surface area contributed by atoms with Crippen molar-refractivity contribution >= 4 is 24.0 Å². The highest BCUT2D eigenvalue weighted by Gasteiger charge is 2.40. The monoisotopic (exact) mass is 384 g/mol. The lowest BCUT2D eigenvalue weighted by molar-refractivity contribution is -0.168. The minimum atomic E-state index is -4.17. The zero-order chi connectivity index (χ0) is 17.6. The predicted molar refractivity (Wildman–Crippen MR) is 88.6 cm³/mol. The molecule has 0 spiro atoms. The second kappa shape index (κ2) is 9.94. The molecule has 4 nitrogen and oxygen atoms in total. The highest BCUT2D eigenvalue weighted by Crippen LogP contribution is 2.23. The summed E-state index contributed by atoms with van der Waals surface area (Å²) in [5.74, 6) is -4.32. The summed E-state index contributed by atoms with van der Waals surface area (Å²) in [7, 11) is 0. The number of amides is 1. The highest BCUT2D eigenvalue weighted by molar-refractivity contribution is 5.94. The van der Waals surface area contributed by atoms with Crippen LogP contribution in [0.25, 0.3) is 0 Å². The number of hydrogen-bond acceptors (Lipinski definition) is 3. The van der Waals surface area contributed by atoms with Crippen LogP contribution in [0.5, 0.6) is 0 Å². The molecule has 1 heterocycles. The molecule has 0 radical (unpaired) electrons. The molecule has 1 aliphatic rings. The molecule has 142 valence electrons. The van der Waals surface area contributed by atoms with E-state index in [0.29, 0.717) is 11.3 Å². The molecule has 0 bridgehead atoms. The van der Waals surface area contributed by atoms with Crippen molar-refractivity contribution in [2.45, 2.75) is 44.3 Å². The molecule has 1 fully saturated rings. The van der Waals surface area contributed by atoms with Crippen LogP contribution in [0.15, 0.2) is 24.3 Å². The van der Waals surface area contributed by atoms with Crippen molar-refractivity contribution in [2.75, 3.05) is 18.5 Å². The SMILES string of the molecule is Cl.O=C(Nc1cccc(COCC(F)(F)C(F)F)c1)[C@@H]1CCCCN1. The Labute approximate surface area is 149 Å². The smallest absolute Gasteiger partial charge is 0.330 e. The molecule has 1 amide bonds. The van der Waals surface area contributed by atoms with E-state index in [1.807, 2.05) is 0 Å². The maximum absolute atomic E-state index is 12.8. The largest absolute Gasteiger partial charge is 0.370 e. The molecule has 2 N–H and O–H groups in total. The number of piperidine rings is 1. The minimum absolute atomic E-state index is 0. The van der Waals surface area contributed by atoms with Gasteiger partial charge in [-0.1, -0.05) is 18.6 Å². The molecule has 1 saturated heterocycles. The Hall–Kier alpha value is -1.38. The van der Waals surface area contributed by atoms with Crippen molar-refractivity contribution in [3.05, 3.63) is 29.8 Å². The van der Waals surface area contributed by atoms with Crippen molar-refractivity contribution in [3.8, 4) is 0 Å². The lowest BCUT2D eigenvalue weighted by Crippen LogP contribution is -2.43. The van der Waals surface area contributed by atoms with Crippen molar-refractivity contribution in [3.63, 3.8) is 0 Å². The zero-order valence-electron chi connectivity index (χ0n) is 13.4. The van der Waals surface area contributed by atoms with Crippen LogP contribution in [0, 0.1) is 0 Å². The van der Waals surface area contributed by atoms with E-state index in [9.17, 15) is 22.4 Å². The number of carbonyl (C=O) groups excluding carboxylic acids is 1. The van der Waals surface area contributed by atoms with Crippen LogP contribution in [0.2, 0.25) is 0 Å². The molecule has 1 atom stereocenters. The van der Waals surface area contributed by atoms with Crippen LogP contribution < -0.4 is 10.6 Å². The van der Waals surface area contributed by atoms with Crippen LogP contribution in [-0.2, 0) is 16.1 Å². The zero-order valence-corrected chi connectivity index (χ0v) is 14.3. The van der Waals surface area contributed by atoms with Crippen LogP contribution in [0.4, 0.5) is 23.2 Å². The molecule has 1 aromatic carbocycles. The van der Waals surface area contributed by atoms with Gasteiger partial charge in [0.15, 0.2) is 0 Å². The van der Waals surface area contributed by atoms with E-state index in [0.717, 1.165) is 25.8 Å². The van der Waals surface area contributed by atoms with Crippen molar-refractivity contribution in [2.24, 2.45) is 0 Å². The standard InChI is InChI=1S/C16H20F4N2O2.ClH/c17-15(18)16(19,20)10-24-9-11-4-3-5-12(8-11)22-14(23)13-6-1-2-7-21-13;/h3-5,8,13,15,21H,1-2,6-7,9-10H2,(H,22,23);1H/t13-;/m0./s1. The van der Waals surface area contributed by atoms with Crippen molar-refractivity contribution < 1.29 is 27.1 Å². The Morgan fingerprint density at radius 3 is 2.76 bits per heavy atom. The number of hydrogen-bond donors (Lipinski definition) is 2. The third-order valence-electron chi connectivity index (χ3n) is 3.70. The Morgan fingerprint density at radius 2 is 2.12 bits per heavy atom. The molecule has 25 heavy (non-hydrogen) atoms. The molecule has 9 heteroatoms. The lowest BCUT2D eigenvalue weighted by atomic mass is 10.0. The van der Waals surface area contributed by atoms with Crippen molar-refractivity contribution in [1.82, 2.24) is 5.32 Å². The predicted octanol–water partition coefficient (Wildman–Crippen LogP) is 3.61.